The number of guanidine groups is 2. The largest absolute Gasteiger partial charge is 0.480 e. The van der Waals surface area contributed by atoms with Crippen molar-refractivity contribution in [2.75, 3.05) is 19.6 Å². The molecule has 0 aliphatic carbocycles. The molecule has 0 saturated heterocycles. The standard InChI is InChI=1S/C25H39N11O5/c26-16(6-3-9-31-24(27)28)21(38)36-19(11-14-12-33-17-7-2-1-5-15(14)17)22(39)34-13-20(37)35-18(23(40)41)8-4-10-32-25(29)30/h1-2,5,7,12,16,18-19,33H,3-4,6,8-11,13,26H2,(H,34,39)(H,35,37)(H,36,38)(H,40,41)(H4,27,28,31)(H4,29,30,32). The summed E-state index contributed by atoms with van der Waals surface area (Å²) in [6.45, 7) is -0.0188. The van der Waals surface area contributed by atoms with E-state index < -0.39 is 48.4 Å². The normalized spacial score (nSPS) is 12.9. The highest BCUT2D eigenvalue weighted by Gasteiger charge is 2.26. The number of rotatable bonds is 17. The van der Waals surface area contributed by atoms with Crippen molar-refractivity contribution in [2.45, 2.75) is 50.2 Å². The summed E-state index contributed by atoms with van der Waals surface area (Å²) in [6, 6.07) is 4.25. The van der Waals surface area contributed by atoms with Gasteiger partial charge in [-0.05, 0) is 37.3 Å². The highest BCUT2D eigenvalue weighted by atomic mass is 16.4. The molecule has 2 rings (SSSR count). The van der Waals surface area contributed by atoms with Crippen LogP contribution in [-0.2, 0) is 25.6 Å². The molecule has 16 heteroatoms. The SMILES string of the molecule is NC(N)=NCCCC(N)C(=O)NC(Cc1c[nH]c2ccccc12)C(=O)NCC(=O)NC(CCCN=C(N)N)C(=O)O. The molecule has 1 aromatic carbocycles. The van der Waals surface area contributed by atoms with Crippen molar-refractivity contribution in [2.24, 2.45) is 38.7 Å². The molecule has 0 aliphatic heterocycles. The molecule has 0 aliphatic rings. The van der Waals surface area contributed by atoms with Gasteiger partial charge in [-0.1, -0.05) is 18.2 Å². The van der Waals surface area contributed by atoms with Gasteiger partial charge in [-0.15, -0.1) is 0 Å². The Labute approximate surface area is 236 Å². The second kappa shape index (κ2) is 16.3. The molecule has 3 unspecified atom stereocenters. The van der Waals surface area contributed by atoms with Gasteiger partial charge in [0.25, 0.3) is 0 Å². The van der Waals surface area contributed by atoms with Crippen LogP contribution in [0.1, 0.15) is 31.2 Å². The minimum absolute atomic E-state index is 0.0665. The Hall–Kier alpha value is -4.86. The third-order valence-electron chi connectivity index (χ3n) is 6.04. The number of benzene rings is 1. The Bertz CT molecular complexity index is 1250. The molecular formula is C25H39N11O5. The van der Waals surface area contributed by atoms with E-state index in [0.29, 0.717) is 19.4 Å². The van der Waals surface area contributed by atoms with Gasteiger partial charge in [0.15, 0.2) is 11.9 Å². The van der Waals surface area contributed by atoms with Crippen molar-refractivity contribution in [3.8, 4) is 0 Å². The van der Waals surface area contributed by atoms with Crippen LogP contribution in [0.15, 0.2) is 40.4 Å². The number of para-hydroxylation sites is 1. The molecule has 2 aromatic rings. The second-order valence-corrected chi connectivity index (χ2v) is 9.31. The summed E-state index contributed by atoms with van der Waals surface area (Å²) < 4.78 is 0. The number of carboxylic acids is 1. The maximum absolute atomic E-state index is 13.1. The van der Waals surface area contributed by atoms with Gasteiger partial charge in [0.2, 0.25) is 17.7 Å². The molecule has 3 atom stereocenters. The van der Waals surface area contributed by atoms with Crippen LogP contribution in [0.2, 0.25) is 0 Å². The molecule has 224 valence electrons. The zero-order valence-electron chi connectivity index (χ0n) is 22.6. The molecule has 0 bridgehead atoms. The number of hydrogen-bond acceptors (Lipinski definition) is 7. The number of aromatic amines is 1. The van der Waals surface area contributed by atoms with Gasteiger partial charge in [0.1, 0.15) is 12.1 Å². The number of nitrogens with one attached hydrogen (secondary N) is 4. The van der Waals surface area contributed by atoms with Gasteiger partial charge in [0.05, 0.1) is 12.6 Å². The van der Waals surface area contributed by atoms with Crippen molar-refractivity contribution < 1.29 is 24.3 Å². The molecule has 16 nitrogen and oxygen atoms in total. The molecule has 41 heavy (non-hydrogen) atoms. The van der Waals surface area contributed by atoms with Gasteiger partial charge in [0, 0.05) is 36.6 Å². The van der Waals surface area contributed by atoms with Crippen molar-refractivity contribution in [3.05, 3.63) is 36.0 Å². The van der Waals surface area contributed by atoms with Crippen LogP contribution in [0.25, 0.3) is 10.9 Å². The second-order valence-electron chi connectivity index (χ2n) is 9.31. The third kappa shape index (κ3) is 11.4. The Balaban J connectivity index is 2.04. The molecule has 3 amide bonds. The summed E-state index contributed by atoms with van der Waals surface area (Å²) in [5.41, 5.74) is 28.7. The fourth-order valence-electron chi connectivity index (χ4n) is 3.96. The number of nitrogens with two attached hydrogens (primary N) is 5. The van der Waals surface area contributed by atoms with Crippen LogP contribution in [0.4, 0.5) is 0 Å². The van der Waals surface area contributed by atoms with Crippen molar-refractivity contribution in [1.82, 2.24) is 20.9 Å². The van der Waals surface area contributed by atoms with Crippen molar-refractivity contribution in [1.29, 1.82) is 0 Å². The Morgan fingerprint density at radius 2 is 1.51 bits per heavy atom. The predicted molar refractivity (Wildman–Crippen MR) is 154 cm³/mol. The van der Waals surface area contributed by atoms with Gasteiger partial charge in [-0.25, -0.2) is 4.79 Å². The molecule has 0 fully saturated rings. The lowest BCUT2D eigenvalue weighted by molar-refractivity contribution is -0.142. The van der Waals surface area contributed by atoms with Gasteiger partial charge >= 0.3 is 5.97 Å². The average Bonchev–Trinajstić information content (AvgIpc) is 3.33. The highest BCUT2D eigenvalue weighted by Crippen LogP contribution is 2.19. The maximum Gasteiger partial charge on any atom is 0.326 e. The van der Waals surface area contributed by atoms with Crippen LogP contribution in [0.3, 0.4) is 0 Å². The summed E-state index contributed by atoms with van der Waals surface area (Å²) in [7, 11) is 0. The number of H-pyrrole nitrogens is 1. The first kappa shape index (κ1) is 32.4. The summed E-state index contributed by atoms with van der Waals surface area (Å²) in [4.78, 5) is 60.7. The van der Waals surface area contributed by atoms with E-state index in [1.807, 2.05) is 24.3 Å². The van der Waals surface area contributed by atoms with E-state index in [1.165, 1.54) is 0 Å². The van der Waals surface area contributed by atoms with Crippen LogP contribution in [-0.4, -0.2) is 83.5 Å². The van der Waals surface area contributed by atoms with Crippen LogP contribution < -0.4 is 44.6 Å². The molecule has 15 N–H and O–H groups in total. The van der Waals surface area contributed by atoms with E-state index in [4.69, 9.17) is 28.7 Å². The monoisotopic (exact) mass is 573 g/mol. The Kier molecular flexibility index (Phi) is 12.9. The molecule has 0 radical (unpaired) electrons. The van der Waals surface area contributed by atoms with E-state index in [2.05, 4.69) is 30.9 Å². The lowest BCUT2D eigenvalue weighted by atomic mass is 10.0. The summed E-state index contributed by atoms with van der Waals surface area (Å²) in [6.07, 6.45) is 2.94. The Morgan fingerprint density at radius 3 is 2.15 bits per heavy atom. The lowest BCUT2D eigenvalue weighted by Crippen LogP contribution is -2.54. The predicted octanol–water partition coefficient (Wildman–Crippen LogP) is -2.68. The van der Waals surface area contributed by atoms with Gasteiger partial charge < -0.3 is 54.7 Å². The van der Waals surface area contributed by atoms with Crippen LogP contribution in [0, 0.1) is 0 Å². The van der Waals surface area contributed by atoms with Crippen LogP contribution in [0.5, 0.6) is 0 Å². The number of carbonyl (C=O) groups excluding carboxylic acids is 3. The quantitative estimate of drug-likeness (QED) is 0.0531. The van der Waals surface area contributed by atoms with E-state index in [-0.39, 0.29) is 37.7 Å². The molecule has 0 saturated carbocycles. The first-order chi connectivity index (χ1) is 19.5. The minimum Gasteiger partial charge on any atom is -0.480 e. The van der Waals surface area contributed by atoms with Crippen LogP contribution >= 0.6 is 0 Å². The third-order valence-corrected chi connectivity index (χ3v) is 6.04. The number of carboxylic acid groups (broad SMARTS) is 1. The summed E-state index contributed by atoms with van der Waals surface area (Å²) >= 11 is 0. The number of nitrogens with zero attached hydrogens (tertiary/aromatic N) is 2. The minimum atomic E-state index is -1.24. The summed E-state index contributed by atoms with van der Waals surface area (Å²) in [5.74, 6) is -3.36. The number of hydrogen-bond donors (Lipinski definition) is 10. The van der Waals surface area contributed by atoms with E-state index in [1.54, 1.807) is 6.20 Å². The molecule has 1 aromatic heterocycles. The average molecular weight is 574 g/mol. The van der Waals surface area contributed by atoms with Crippen molar-refractivity contribution in [3.63, 3.8) is 0 Å². The number of aromatic nitrogens is 1. The number of aliphatic carboxylic acids is 1. The fourth-order valence-corrected chi connectivity index (χ4v) is 3.96. The van der Waals surface area contributed by atoms with Gasteiger partial charge in [-0.3, -0.25) is 24.4 Å². The number of amides is 3. The topological polar surface area (TPSA) is 295 Å². The smallest absolute Gasteiger partial charge is 0.326 e. The highest BCUT2D eigenvalue weighted by molar-refractivity contribution is 5.93. The summed E-state index contributed by atoms with van der Waals surface area (Å²) in [5, 5.41) is 17.8. The first-order valence-electron chi connectivity index (χ1n) is 13.0. The lowest BCUT2D eigenvalue weighted by Gasteiger charge is -2.21. The zero-order chi connectivity index (χ0) is 30.4. The van der Waals surface area contributed by atoms with Gasteiger partial charge in [-0.2, -0.15) is 0 Å². The molecular weight excluding hydrogens is 534 g/mol. The van der Waals surface area contributed by atoms with Crippen molar-refractivity contribution >= 4 is 46.5 Å². The Morgan fingerprint density at radius 1 is 0.878 bits per heavy atom. The zero-order valence-corrected chi connectivity index (χ0v) is 22.6. The number of aliphatic imine (C=N–C) groups is 2. The maximum atomic E-state index is 13.1. The molecule has 1 heterocycles. The molecule has 0 spiro atoms. The number of carbonyl (C=O) groups is 4. The van der Waals surface area contributed by atoms with E-state index in [9.17, 15) is 24.3 Å². The van der Waals surface area contributed by atoms with E-state index in [0.717, 1.165) is 16.5 Å². The first-order valence-corrected chi connectivity index (χ1v) is 13.0. The fraction of sp³-hybridized carbons (Fsp3) is 0.440. The number of fused-ring (bicyclic) bond motifs is 1. The van der Waals surface area contributed by atoms with E-state index >= 15 is 0 Å².